The molecule has 1 aliphatic heterocycles. The van der Waals surface area contributed by atoms with Gasteiger partial charge in [-0.05, 0) is 55.7 Å². The summed E-state index contributed by atoms with van der Waals surface area (Å²) in [6, 6.07) is 1.81. The second kappa shape index (κ2) is 9.60. The lowest BCUT2D eigenvalue weighted by Crippen LogP contribution is -2.66. The number of ketones is 1. The number of methoxy groups -OCH3 is 1. The first kappa shape index (κ1) is 28.1. The summed E-state index contributed by atoms with van der Waals surface area (Å²) < 4.78 is 22.4. The highest BCUT2D eigenvalue weighted by Gasteiger charge is 2.68. The van der Waals surface area contributed by atoms with Crippen LogP contribution in [0.4, 0.5) is 0 Å². The molecule has 0 spiro atoms. The van der Waals surface area contributed by atoms with Crippen molar-refractivity contribution in [3.63, 3.8) is 0 Å². The fourth-order valence-corrected chi connectivity index (χ4v) is 8.01. The standard InChI is InChI=1S/C32H38O8/c1-8-17(2)29(36)40-28-20-13-19-21(32(6,26(20)35)23(30(28,3)4)15-24(33)37-7)9-11-31(5)22(19)14-25(34)39-27(31)18-10-12-38-16-18/h8,10,12-14,16,20-21,23,27-28H,9,11,15H2,1-7H3/b17-8-/t20-,21+,23+,27+,28-,31-,32-/m1/s1. The zero-order valence-electron chi connectivity index (χ0n) is 24.2. The van der Waals surface area contributed by atoms with Crippen molar-refractivity contribution in [3.8, 4) is 0 Å². The van der Waals surface area contributed by atoms with E-state index >= 15 is 0 Å². The third-order valence-electron chi connectivity index (χ3n) is 10.4. The van der Waals surface area contributed by atoms with Crippen LogP contribution < -0.4 is 0 Å². The molecule has 0 unspecified atom stereocenters. The van der Waals surface area contributed by atoms with Crippen LogP contribution in [0.5, 0.6) is 0 Å². The Labute approximate surface area is 234 Å². The first-order valence-corrected chi connectivity index (χ1v) is 13.9. The number of cyclic esters (lactones) is 1. The molecule has 1 aromatic rings. The van der Waals surface area contributed by atoms with Crippen LogP contribution in [0.1, 0.15) is 72.5 Å². The van der Waals surface area contributed by atoms with Crippen LogP contribution in [-0.2, 0) is 33.4 Å². The number of Topliss-reactive ketones (excluding diaryl/α,β-unsaturated/α-hetero) is 1. The third kappa shape index (κ3) is 3.93. The number of hydrogen-bond donors (Lipinski definition) is 0. The second-order valence-corrected chi connectivity index (χ2v) is 12.7. The zero-order chi connectivity index (χ0) is 29.2. The molecule has 0 aromatic carbocycles. The van der Waals surface area contributed by atoms with Crippen LogP contribution >= 0.6 is 0 Å². The number of ether oxygens (including phenoxy) is 3. The van der Waals surface area contributed by atoms with Crippen molar-refractivity contribution in [2.75, 3.05) is 7.11 Å². The molecule has 4 aliphatic rings. The number of fused-ring (bicyclic) bond motifs is 6. The van der Waals surface area contributed by atoms with E-state index in [0.717, 1.165) is 16.7 Å². The van der Waals surface area contributed by atoms with Crippen LogP contribution in [0.15, 0.2) is 58.0 Å². The van der Waals surface area contributed by atoms with Crippen molar-refractivity contribution in [1.82, 2.24) is 0 Å². The van der Waals surface area contributed by atoms with Crippen LogP contribution in [0.3, 0.4) is 0 Å². The Kier molecular flexibility index (Phi) is 6.75. The average molecular weight is 551 g/mol. The third-order valence-corrected chi connectivity index (χ3v) is 10.4. The predicted molar refractivity (Wildman–Crippen MR) is 144 cm³/mol. The Morgan fingerprint density at radius 1 is 1.18 bits per heavy atom. The molecule has 8 heteroatoms. The molecule has 2 bridgehead atoms. The molecular formula is C32H38O8. The largest absolute Gasteiger partial charge is 0.472 e. The summed E-state index contributed by atoms with van der Waals surface area (Å²) in [5, 5.41) is 0. The van der Waals surface area contributed by atoms with Crippen molar-refractivity contribution < 1.29 is 37.8 Å². The minimum atomic E-state index is -0.945. The van der Waals surface area contributed by atoms with Gasteiger partial charge in [-0.1, -0.05) is 39.8 Å². The monoisotopic (exact) mass is 550 g/mol. The van der Waals surface area contributed by atoms with Crippen LogP contribution in [0.25, 0.3) is 0 Å². The summed E-state index contributed by atoms with van der Waals surface area (Å²) in [4.78, 5) is 53.2. The molecule has 5 rings (SSSR count). The van der Waals surface area contributed by atoms with Crippen molar-refractivity contribution in [2.45, 2.75) is 73.0 Å². The lowest BCUT2D eigenvalue weighted by atomic mass is 9.41. The topological polar surface area (TPSA) is 109 Å². The summed E-state index contributed by atoms with van der Waals surface area (Å²) in [6.45, 7) is 11.4. The van der Waals surface area contributed by atoms with Gasteiger partial charge in [0.15, 0.2) is 0 Å². The van der Waals surface area contributed by atoms with Gasteiger partial charge >= 0.3 is 17.9 Å². The lowest BCUT2D eigenvalue weighted by Gasteiger charge is -2.62. The molecule has 8 nitrogen and oxygen atoms in total. The minimum absolute atomic E-state index is 0.00882. The van der Waals surface area contributed by atoms with E-state index in [1.165, 1.54) is 7.11 Å². The Bertz CT molecular complexity index is 1340. The van der Waals surface area contributed by atoms with Crippen molar-refractivity contribution in [2.24, 2.45) is 34.0 Å². The fourth-order valence-electron chi connectivity index (χ4n) is 8.01. The van der Waals surface area contributed by atoms with Gasteiger partial charge in [0, 0.05) is 39.9 Å². The summed E-state index contributed by atoms with van der Waals surface area (Å²) in [7, 11) is 1.34. The molecule has 214 valence electrons. The van der Waals surface area contributed by atoms with Gasteiger partial charge in [-0.2, -0.15) is 0 Å². The van der Waals surface area contributed by atoms with Gasteiger partial charge in [-0.15, -0.1) is 0 Å². The van der Waals surface area contributed by atoms with Crippen LogP contribution in [0, 0.1) is 34.0 Å². The van der Waals surface area contributed by atoms with Crippen molar-refractivity contribution in [3.05, 3.63) is 59.1 Å². The molecule has 0 N–H and O–H groups in total. The average Bonchev–Trinajstić information content (AvgIpc) is 3.45. The molecule has 3 aliphatic carbocycles. The van der Waals surface area contributed by atoms with Gasteiger partial charge in [-0.25, -0.2) is 9.59 Å². The molecule has 0 radical (unpaired) electrons. The van der Waals surface area contributed by atoms with E-state index in [1.54, 1.807) is 44.6 Å². The van der Waals surface area contributed by atoms with Crippen LogP contribution in [-0.4, -0.2) is 36.9 Å². The van der Waals surface area contributed by atoms with E-state index in [9.17, 15) is 19.2 Å². The zero-order valence-corrected chi connectivity index (χ0v) is 24.2. The van der Waals surface area contributed by atoms with E-state index in [1.807, 2.05) is 26.8 Å². The van der Waals surface area contributed by atoms with Gasteiger partial charge in [0.1, 0.15) is 18.0 Å². The maximum Gasteiger partial charge on any atom is 0.333 e. The number of furan rings is 1. The smallest absolute Gasteiger partial charge is 0.333 e. The van der Waals surface area contributed by atoms with Crippen molar-refractivity contribution >= 4 is 23.7 Å². The molecule has 0 saturated heterocycles. The van der Waals surface area contributed by atoms with E-state index < -0.39 is 58.2 Å². The molecule has 40 heavy (non-hydrogen) atoms. The number of esters is 3. The summed E-state index contributed by atoms with van der Waals surface area (Å²) in [5.74, 6) is -2.85. The molecule has 0 amide bonds. The minimum Gasteiger partial charge on any atom is -0.472 e. The van der Waals surface area contributed by atoms with E-state index in [2.05, 4.69) is 6.92 Å². The Morgan fingerprint density at radius 2 is 1.90 bits per heavy atom. The highest BCUT2D eigenvalue weighted by Crippen LogP contribution is 2.67. The maximum atomic E-state index is 14.4. The number of hydrogen-bond acceptors (Lipinski definition) is 8. The highest BCUT2D eigenvalue weighted by molar-refractivity contribution is 5.95. The van der Waals surface area contributed by atoms with Gasteiger partial charge in [0.25, 0.3) is 0 Å². The predicted octanol–water partition coefficient (Wildman–Crippen LogP) is 5.45. The van der Waals surface area contributed by atoms with Gasteiger partial charge in [-0.3, -0.25) is 9.59 Å². The van der Waals surface area contributed by atoms with Crippen LogP contribution in [0.2, 0.25) is 0 Å². The molecule has 7 atom stereocenters. The Balaban J connectivity index is 1.69. The molecule has 2 fully saturated rings. The molecule has 2 heterocycles. The first-order chi connectivity index (χ1) is 18.8. The van der Waals surface area contributed by atoms with E-state index in [0.29, 0.717) is 18.4 Å². The summed E-state index contributed by atoms with van der Waals surface area (Å²) in [6.07, 6.45) is 8.30. The number of allylic oxidation sites excluding steroid dienone is 2. The second-order valence-electron chi connectivity index (χ2n) is 12.7. The van der Waals surface area contributed by atoms with E-state index in [4.69, 9.17) is 18.6 Å². The number of carbonyl (C=O) groups excluding carboxylic acids is 4. The maximum absolute atomic E-state index is 14.4. The van der Waals surface area contributed by atoms with Gasteiger partial charge in [0.05, 0.1) is 25.6 Å². The Morgan fingerprint density at radius 3 is 2.52 bits per heavy atom. The summed E-state index contributed by atoms with van der Waals surface area (Å²) in [5.41, 5.74) is 0.728. The molecular weight excluding hydrogens is 512 g/mol. The van der Waals surface area contributed by atoms with Gasteiger partial charge < -0.3 is 18.6 Å². The molecule has 2 saturated carbocycles. The fraction of sp³-hybridized carbons (Fsp3) is 0.562. The summed E-state index contributed by atoms with van der Waals surface area (Å²) >= 11 is 0. The Hall–Kier alpha value is -3.42. The molecule has 1 aromatic heterocycles. The number of rotatable bonds is 5. The van der Waals surface area contributed by atoms with E-state index in [-0.39, 0.29) is 18.1 Å². The van der Waals surface area contributed by atoms with Gasteiger partial charge in [0.2, 0.25) is 0 Å². The first-order valence-electron chi connectivity index (χ1n) is 13.9. The highest BCUT2D eigenvalue weighted by atomic mass is 16.6. The number of carbonyl (C=O) groups is 4. The SMILES string of the molecule is C/C=C(/C)C(=O)O[C@@H]1[C@@H]2C=C3C4=CC(=O)O[C@@H](c5ccoc5)[C@]4(C)CC[C@@H]3[C@@](C)(C2=O)[C@@H](CC(=O)OC)C1(C)C. The normalized spacial score (nSPS) is 36.4. The quantitative estimate of drug-likeness (QED) is 0.271. The lowest BCUT2D eigenvalue weighted by molar-refractivity contribution is -0.189. The van der Waals surface area contributed by atoms with Crippen molar-refractivity contribution in [1.29, 1.82) is 0 Å².